The van der Waals surface area contributed by atoms with Gasteiger partial charge in [0.25, 0.3) is 0 Å². The Hall–Kier alpha value is -1.90. The number of nitrogens with zero attached hydrogens (tertiary/aromatic N) is 5. The Labute approximate surface area is 111 Å². The van der Waals surface area contributed by atoms with E-state index in [0.717, 1.165) is 0 Å². The maximum Gasteiger partial charge on any atom is 0.424 e. The molecule has 3 heterocycles. The van der Waals surface area contributed by atoms with Crippen LogP contribution in [0.25, 0.3) is 11.5 Å². The molecule has 0 fully saturated rings. The molecular formula is C11H12F3N5O. The van der Waals surface area contributed by atoms with E-state index in [0.29, 0.717) is 25.0 Å². The largest absolute Gasteiger partial charge is 0.424 e. The first kappa shape index (κ1) is 13.1. The van der Waals surface area contributed by atoms with Gasteiger partial charge in [0.1, 0.15) is 12.0 Å². The first-order valence-electron chi connectivity index (χ1n) is 5.98. The zero-order valence-corrected chi connectivity index (χ0v) is 10.8. The van der Waals surface area contributed by atoms with Gasteiger partial charge < -0.3 is 14.2 Å². The van der Waals surface area contributed by atoms with Crippen LogP contribution in [-0.4, -0.2) is 35.6 Å². The summed E-state index contributed by atoms with van der Waals surface area (Å²) in [4.78, 5) is 3.78. The Balaban J connectivity index is 2.20. The summed E-state index contributed by atoms with van der Waals surface area (Å²) in [6.07, 6.45) is -2.00. The maximum atomic E-state index is 13.0. The third-order valence-corrected chi connectivity index (χ3v) is 3.53. The molecule has 2 aromatic heterocycles. The van der Waals surface area contributed by atoms with Gasteiger partial charge in [-0.1, -0.05) is 0 Å². The van der Waals surface area contributed by atoms with Gasteiger partial charge in [-0.25, -0.2) is 4.98 Å². The van der Waals surface area contributed by atoms with Gasteiger partial charge in [-0.2, -0.15) is 13.2 Å². The molecule has 0 unspecified atom stereocenters. The first-order valence-corrected chi connectivity index (χ1v) is 5.98. The van der Waals surface area contributed by atoms with E-state index in [1.807, 2.05) is 0 Å². The topological polar surface area (TPSA) is 68.8 Å². The van der Waals surface area contributed by atoms with Crippen molar-refractivity contribution in [2.45, 2.75) is 38.2 Å². The number of hydrogen-bond acceptors (Lipinski definition) is 4. The highest BCUT2D eigenvalue weighted by Crippen LogP contribution is 2.41. The van der Waals surface area contributed by atoms with Crippen LogP contribution >= 0.6 is 0 Å². The van der Waals surface area contributed by atoms with E-state index in [4.69, 9.17) is 0 Å². The summed E-state index contributed by atoms with van der Waals surface area (Å²) < 4.78 is 42.1. The lowest BCUT2D eigenvalue weighted by Gasteiger charge is -2.31. The molecule has 9 heteroatoms. The molecule has 6 nitrogen and oxygen atoms in total. The standard InChI is InChI=1S/C11H12F3N5O/c1-6-4-18-5-16-17-8(18)7-3-15-9(19(6)7)10(2,20)11(12,13)14/h3,5-6,20H,4H2,1-2H3/t6-,10+/m0/s1. The van der Waals surface area contributed by atoms with Gasteiger partial charge in [-0.3, -0.25) is 0 Å². The number of aromatic nitrogens is 5. The summed E-state index contributed by atoms with van der Waals surface area (Å²) in [5.41, 5.74) is -2.59. The lowest BCUT2D eigenvalue weighted by atomic mass is 10.0. The van der Waals surface area contributed by atoms with Crippen molar-refractivity contribution in [3.63, 3.8) is 0 Å². The highest BCUT2D eigenvalue weighted by molar-refractivity contribution is 5.51. The van der Waals surface area contributed by atoms with Gasteiger partial charge in [0.05, 0.1) is 12.2 Å². The van der Waals surface area contributed by atoms with Crippen molar-refractivity contribution in [1.82, 2.24) is 24.3 Å². The molecule has 1 aliphatic rings. The van der Waals surface area contributed by atoms with Crippen molar-refractivity contribution >= 4 is 0 Å². The molecule has 1 aliphatic heterocycles. The SMILES string of the molecule is C[C@H]1Cn2cnnc2-c2cnc([C@@](C)(O)C(F)(F)F)n21. The number of imidazole rings is 1. The van der Waals surface area contributed by atoms with Crippen molar-refractivity contribution in [1.29, 1.82) is 0 Å². The van der Waals surface area contributed by atoms with E-state index in [9.17, 15) is 18.3 Å². The van der Waals surface area contributed by atoms with Crippen LogP contribution in [0.5, 0.6) is 0 Å². The smallest absolute Gasteiger partial charge is 0.374 e. The second-order valence-corrected chi connectivity index (χ2v) is 5.06. The van der Waals surface area contributed by atoms with Crippen LogP contribution in [0.15, 0.2) is 12.5 Å². The number of rotatable bonds is 1. The molecule has 0 aromatic carbocycles. The van der Waals surface area contributed by atoms with Crippen molar-refractivity contribution in [3.05, 3.63) is 18.3 Å². The minimum atomic E-state index is -4.81. The van der Waals surface area contributed by atoms with Crippen LogP contribution in [0.3, 0.4) is 0 Å². The van der Waals surface area contributed by atoms with E-state index in [2.05, 4.69) is 15.2 Å². The quantitative estimate of drug-likeness (QED) is 0.862. The lowest BCUT2D eigenvalue weighted by Crippen LogP contribution is -2.42. The average Bonchev–Trinajstić information content (AvgIpc) is 2.91. The molecule has 0 saturated heterocycles. The van der Waals surface area contributed by atoms with Crippen LogP contribution in [0.4, 0.5) is 13.2 Å². The summed E-state index contributed by atoms with van der Waals surface area (Å²) in [7, 11) is 0. The summed E-state index contributed by atoms with van der Waals surface area (Å²) in [6.45, 7) is 2.88. The second-order valence-electron chi connectivity index (χ2n) is 5.06. The predicted molar refractivity (Wildman–Crippen MR) is 61.6 cm³/mol. The molecule has 0 aliphatic carbocycles. The van der Waals surface area contributed by atoms with Gasteiger partial charge in [-0.05, 0) is 13.8 Å². The molecule has 0 bridgehead atoms. The summed E-state index contributed by atoms with van der Waals surface area (Å²) >= 11 is 0. The molecular weight excluding hydrogens is 275 g/mol. The lowest BCUT2D eigenvalue weighted by molar-refractivity contribution is -0.262. The van der Waals surface area contributed by atoms with Crippen molar-refractivity contribution < 1.29 is 18.3 Å². The van der Waals surface area contributed by atoms with E-state index >= 15 is 0 Å². The molecule has 0 spiro atoms. The molecule has 0 saturated carbocycles. The van der Waals surface area contributed by atoms with Crippen LogP contribution < -0.4 is 0 Å². The highest BCUT2D eigenvalue weighted by atomic mass is 19.4. The molecule has 0 amide bonds. The van der Waals surface area contributed by atoms with Gasteiger partial charge in [0, 0.05) is 6.54 Å². The van der Waals surface area contributed by atoms with Gasteiger partial charge >= 0.3 is 6.18 Å². The maximum absolute atomic E-state index is 13.0. The first-order chi connectivity index (χ1) is 9.23. The Morgan fingerprint density at radius 1 is 1.40 bits per heavy atom. The molecule has 20 heavy (non-hydrogen) atoms. The Morgan fingerprint density at radius 2 is 2.10 bits per heavy atom. The monoisotopic (exact) mass is 287 g/mol. The van der Waals surface area contributed by atoms with E-state index in [-0.39, 0.29) is 6.04 Å². The average molecular weight is 287 g/mol. The Bertz CT molecular complexity index is 657. The van der Waals surface area contributed by atoms with Gasteiger partial charge in [0.2, 0.25) is 5.60 Å². The molecule has 1 N–H and O–H groups in total. The minimum Gasteiger partial charge on any atom is -0.374 e. The van der Waals surface area contributed by atoms with Crippen molar-refractivity contribution in [2.24, 2.45) is 0 Å². The molecule has 3 rings (SSSR count). The third kappa shape index (κ3) is 1.59. The third-order valence-electron chi connectivity index (χ3n) is 3.53. The van der Waals surface area contributed by atoms with E-state index in [1.165, 1.54) is 17.1 Å². The number of alkyl halides is 3. The summed E-state index contributed by atoms with van der Waals surface area (Å²) in [6, 6.07) is -0.292. The normalized spacial score (nSPS) is 21.2. The van der Waals surface area contributed by atoms with Crippen LogP contribution in [0.1, 0.15) is 25.7 Å². The number of halogens is 3. The van der Waals surface area contributed by atoms with Crippen LogP contribution in [0.2, 0.25) is 0 Å². The van der Waals surface area contributed by atoms with Crippen molar-refractivity contribution in [2.75, 3.05) is 0 Å². The van der Waals surface area contributed by atoms with E-state index < -0.39 is 17.6 Å². The Morgan fingerprint density at radius 3 is 2.75 bits per heavy atom. The fourth-order valence-corrected chi connectivity index (χ4v) is 2.41. The minimum absolute atomic E-state index is 0.292. The molecule has 2 atom stereocenters. The number of hydrogen-bond donors (Lipinski definition) is 1. The van der Waals surface area contributed by atoms with Gasteiger partial charge in [-0.15, -0.1) is 10.2 Å². The molecule has 2 aromatic rings. The van der Waals surface area contributed by atoms with E-state index in [1.54, 1.807) is 11.5 Å². The van der Waals surface area contributed by atoms with Crippen LogP contribution in [0, 0.1) is 0 Å². The number of fused-ring (bicyclic) bond motifs is 3. The Kier molecular flexibility index (Phi) is 2.50. The molecule has 108 valence electrons. The fourth-order valence-electron chi connectivity index (χ4n) is 2.41. The second kappa shape index (κ2) is 3.81. The summed E-state index contributed by atoms with van der Waals surface area (Å²) in [5.74, 6) is 0.0153. The zero-order valence-electron chi connectivity index (χ0n) is 10.8. The van der Waals surface area contributed by atoms with Gasteiger partial charge in [0.15, 0.2) is 11.6 Å². The molecule has 0 radical (unpaired) electrons. The number of aliphatic hydroxyl groups is 1. The van der Waals surface area contributed by atoms with Crippen LogP contribution in [-0.2, 0) is 12.1 Å². The zero-order chi connectivity index (χ0) is 14.7. The highest BCUT2D eigenvalue weighted by Gasteiger charge is 2.55. The predicted octanol–water partition coefficient (Wildman–Crippen LogP) is 1.49. The fraction of sp³-hybridized carbons (Fsp3) is 0.545. The summed E-state index contributed by atoms with van der Waals surface area (Å²) in [5, 5.41) is 17.5. The van der Waals surface area contributed by atoms with Crippen molar-refractivity contribution in [3.8, 4) is 11.5 Å².